The number of carbonyl (C=O) groups excluding carboxylic acids is 2. The minimum atomic E-state index is -3.75. The van der Waals surface area contributed by atoms with Crippen LogP contribution in [0.3, 0.4) is 0 Å². The number of nitrogen functional groups attached to an aromatic ring is 1. The van der Waals surface area contributed by atoms with Crippen LogP contribution in [0.4, 0.5) is 16.6 Å². The molecule has 0 atom stereocenters. The second-order valence-corrected chi connectivity index (χ2v) is 9.50. The van der Waals surface area contributed by atoms with Crippen molar-refractivity contribution in [2.24, 2.45) is 0 Å². The van der Waals surface area contributed by atoms with Crippen molar-refractivity contribution in [2.45, 2.75) is 26.8 Å². The summed E-state index contributed by atoms with van der Waals surface area (Å²) in [6, 6.07) is 8.08. The van der Waals surface area contributed by atoms with E-state index in [0.717, 1.165) is 15.0 Å². The number of anilines is 2. The summed E-state index contributed by atoms with van der Waals surface area (Å²) in [6.07, 6.45) is 0.365. The van der Waals surface area contributed by atoms with Crippen molar-refractivity contribution in [2.75, 3.05) is 36.4 Å². The number of fused-ring (bicyclic) bond motifs is 1. The molecule has 1 aromatic carbocycles. The fourth-order valence-corrected chi connectivity index (χ4v) is 4.41. The van der Waals surface area contributed by atoms with Gasteiger partial charge in [-0.1, -0.05) is 37.3 Å². The van der Waals surface area contributed by atoms with Gasteiger partial charge in [-0.15, -0.1) is 0 Å². The van der Waals surface area contributed by atoms with E-state index >= 15 is 0 Å². The topological polar surface area (TPSA) is 172 Å². The van der Waals surface area contributed by atoms with Gasteiger partial charge in [0.25, 0.3) is 0 Å². The number of ether oxygens (including phenoxy) is 1. The van der Waals surface area contributed by atoms with Gasteiger partial charge in [0.2, 0.25) is 16.0 Å². The molecule has 0 saturated heterocycles. The summed E-state index contributed by atoms with van der Waals surface area (Å²) >= 11 is 0. The molecule has 2 heterocycles. The number of benzene rings is 1. The van der Waals surface area contributed by atoms with Gasteiger partial charge in [-0.2, -0.15) is 9.97 Å². The first-order valence-electron chi connectivity index (χ1n) is 10.8. The van der Waals surface area contributed by atoms with E-state index in [9.17, 15) is 22.8 Å². The smallest absolute Gasteiger partial charge is 0.339 e. The largest absolute Gasteiger partial charge is 0.465 e. The van der Waals surface area contributed by atoms with E-state index in [4.69, 9.17) is 10.5 Å². The van der Waals surface area contributed by atoms with Gasteiger partial charge in [-0.05, 0) is 18.9 Å². The number of likely N-dealkylation sites (N-methyl/N-ethyl adjacent to an activating group) is 1. The number of nitrogens with zero attached hydrogens (tertiary/aromatic N) is 5. The molecule has 3 rings (SSSR count). The van der Waals surface area contributed by atoms with Crippen LogP contribution in [0.25, 0.3) is 11.2 Å². The zero-order valence-corrected chi connectivity index (χ0v) is 20.4. The Bertz CT molecular complexity index is 1400. The Morgan fingerprint density at radius 1 is 1.17 bits per heavy atom. The number of sulfonamides is 1. The molecule has 1 amide bonds. The van der Waals surface area contributed by atoms with Gasteiger partial charge in [0.1, 0.15) is 12.1 Å². The number of hydrogen-bond donors (Lipinski definition) is 2. The van der Waals surface area contributed by atoms with Crippen LogP contribution in [0.1, 0.15) is 25.8 Å². The van der Waals surface area contributed by atoms with Crippen molar-refractivity contribution in [1.29, 1.82) is 0 Å². The Kier molecular flexibility index (Phi) is 7.74. The highest BCUT2D eigenvalue weighted by Crippen LogP contribution is 2.21. The van der Waals surface area contributed by atoms with Crippen LogP contribution in [-0.2, 0) is 26.1 Å². The average molecular weight is 506 g/mol. The summed E-state index contributed by atoms with van der Waals surface area (Å²) < 4.78 is 33.5. The third-order valence-electron chi connectivity index (χ3n) is 4.89. The molecule has 3 aromatic rings. The third kappa shape index (κ3) is 5.77. The highest BCUT2D eigenvalue weighted by molar-refractivity contribution is 7.92. The van der Waals surface area contributed by atoms with Crippen molar-refractivity contribution in [3.05, 3.63) is 46.4 Å². The Labute approximate surface area is 201 Å². The van der Waals surface area contributed by atoms with Gasteiger partial charge in [-0.25, -0.2) is 22.6 Å². The quantitative estimate of drug-likeness (QED) is 0.400. The number of nitrogens with one attached hydrogen (secondary N) is 1. The molecule has 0 fully saturated rings. The van der Waals surface area contributed by atoms with Gasteiger partial charge in [0.05, 0.1) is 18.9 Å². The minimum Gasteiger partial charge on any atom is -0.465 e. The lowest BCUT2D eigenvalue weighted by atomic mass is 10.2. The van der Waals surface area contributed by atoms with E-state index in [0.29, 0.717) is 6.42 Å². The van der Waals surface area contributed by atoms with Crippen LogP contribution in [0.2, 0.25) is 0 Å². The van der Waals surface area contributed by atoms with Gasteiger partial charge in [-0.3, -0.25) is 14.1 Å². The standard InChI is InChI=1S/C21H27N7O6S/c1-4-11-35(32,33)25-19-23-17(22)16-18(24-19)27(12-14-9-7-6-8-10-14)21(31)28(16)20(30)26(3)13-15(29)34-5-2/h6-10H,4-5,11-13H2,1-3H3,(H3,22,23,24,25). The molecular weight excluding hydrogens is 478 g/mol. The lowest BCUT2D eigenvalue weighted by molar-refractivity contribution is -0.143. The molecular formula is C21H27N7O6S. The molecule has 0 aliphatic rings. The summed E-state index contributed by atoms with van der Waals surface area (Å²) in [5, 5.41) is 0. The molecule has 0 unspecified atom stereocenters. The summed E-state index contributed by atoms with van der Waals surface area (Å²) in [4.78, 5) is 47.6. The van der Waals surface area contributed by atoms with Crippen molar-refractivity contribution >= 4 is 45.0 Å². The normalized spacial score (nSPS) is 11.4. The van der Waals surface area contributed by atoms with Gasteiger partial charge < -0.3 is 15.4 Å². The fraction of sp³-hybridized carbons (Fsp3) is 0.381. The molecule has 13 nitrogen and oxygen atoms in total. The molecule has 0 radical (unpaired) electrons. The molecule has 0 saturated carbocycles. The Hall–Kier alpha value is -3.94. The zero-order valence-electron chi connectivity index (χ0n) is 19.6. The second kappa shape index (κ2) is 10.5. The lowest BCUT2D eigenvalue weighted by Crippen LogP contribution is -2.41. The lowest BCUT2D eigenvalue weighted by Gasteiger charge is -2.16. The zero-order chi connectivity index (χ0) is 25.8. The molecule has 35 heavy (non-hydrogen) atoms. The molecule has 0 spiro atoms. The summed E-state index contributed by atoms with van der Waals surface area (Å²) in [5.74, 6) is -1.43. The van der Waals surface area contributed by atoms with E-state index in [1.54, 1.807) is 38.1 Å². The van der Waals surface area contributed by atoms with Crippen LogP contribution in [0.15, 0.2) is 35.1 Å². The Balaban J connectivity index is 2.17. The molecule has 0 bridgehead atoms. The maximum absolute atomic E-state index is 13.4. The minimum absolute atomic E-state index is 0.0235. The third-order valence-corrected chi connectivity index (χ3v) is 6.33. The maximum atomic E-state index is 13.4. The van der Waals surface area contributed by atoms with Crippen molar-refractivity contribution < 1.29 is 22.7 Å². The molecule has 0 aliphatic heterocycles. The summed E-state index contributed by atoms with van der Waals surface area (Å²) in [6.45, 7) is 3.09. The second-order valence-electron chi connectivity index (χ2n) is 7.66. The summed E-state index contributed by atoms with van der Waals surface area (Å²) in [7, 11) is -2.42. The van der Waals surface area contributed by atoms with Crippen LogP contribution in [0.5, 0.6) is 0 Å². The van der Waals surface area contributed by atoms with Gasteiger partial charge in [0, 0.05) is 7.05 Å². The van der Waals surface area contributed by atoms with Crippen LogP contribution < -0.4 is 16.1 Å². The molecule has 3 N–H and O–H groups in total. The predicted molar refractivity (Wildman–Crippen MR) is 130 cm³/mol. The summed E-state index contributed by atoms with van der Waals surface area (Å²) in [5.41, 5.74) is 5.89. The monoisotopic (exact) mass is 505 g/mol. The van der Waals surface area contributed by atoms with E-state index < -0.39 is 34.3 Å². The highest BCUT2D eigenvalue weighted by atomic mass is 32.2. The number of rotatable bonds is 9. The number of carbonyl (C=O) groups is 2. The van der Waals surface area contributed by atoms with Gasteiger partial charge in [0.15, 0.2) is 11.5 Å². The average Bonchev–Trinajstić information content (AvgIpc) is 3.05. The number of aromatic nitrogens is 4. The Morgan fingerprint density at radius 3 is 2.49 bits per heavy atom. The van der Waals surface area contributed by atoms with Crippen molar-refractivity contribution in [1.82, 2.24) is 24.0 Å². The molecule has 0 aliphatic carbocycles. The Morgan fingerprint density at radius 2 is 1.86 bits per heavy atom. The fourth-order valence-electron chi connectivity index (χ4n) is 3.40. The number of esters is 1. The first kappa shape index (κ1) is 25.7. The molecule has 188 valence electrons. The van der Waals surface area contributed by atoms with Gasteiger partial charge >= 0.3 is 17.7 Å². The number of amides is 1. The molecule has 14 heteroatoms. The van der Waals surface area contributed by atoms with Crippen molar-refractivity contribution in [3.8, 4) is 0 Å². The SMILES string of the molecule is CCCS(=O)(=O)Nc1nc(N)c2c(n1)n(Cc1ccccc1)c(=O)n2C(=O)N(C)CC(=O)OCC. The first-order valence-corrected chi connectivity index (χ1v) is 12.5. The predicted octanol–water partition coefficient (Wildman–Crippen LogP) is 0.838. The maximum Gasteiger partial charge on any atom is 0.339 e. The van der Waals surface area contributed by atoms with Crippen molar-refractivity contribution in [3.63, 3.8) is 0 Å². The first-order chi connectivity index (χ1) is 16.6. The van der Waals surface area contributed by atoms with E-state index in [1.165, 1.54) is 11.6 Å². The van der Waals surface area contributed by atoms with E-state index in [1.807, 2.05) is 6.07 Å². The van der Waals surface area contributed by atoms with E-state index in [2.05, 4.69) is 14.7 Å². The number of nitrogens with two attached hydrogens (primary N) is 1. The molecule has 2 aromatic heterocycles. The highest BCUT2D eigenvalue weighted by Gasteiger charge is 2.27. The number of imidazole rings is 1. The van der Waals surface area contributed by atoms with Crippen LogP contribution in [-0.4, -0.2) is 70.4 Å². The number of hydrogen-bond acceptors (Lipinski definition) is 9. The van der Waals surface area contributed by atoms with Crippen LogP contribution in [0, 0.1) is 0 Å². The van der Waals surface area contributed by atoms with E-state index in [-0.39, 0.29) is 41.8 Å². The van der Waals surface area contributed by atoms with Crippen LogP contribution >= 0.6 is 0 Å².